The van der Waals surface area contributed by atoms with Crippen molar-refractivity contribution in [2.45, 2.75) is 16.7 Å². The van der Waals surface area contributed by atoms with E-state index in [1.165, 1.54) is 49.6 Å². The summed E-state index contributed by atoms with van der Waals surface area (Å²) in [6.07, 6.45) is 0. The number of esters is 2. The van der Waals surface area contributed by atoms with Crippen LogP contribution < -0.4 is 4.74 Å². The van der Waals surface area contributed by atoms with Crippen molar-refractivity contribution in [2.24, 2.45) is 0 Å². The van der Waals surface area contributed by atoms with Crippen LogP contribution in [0.3, 0.4) is 0 Å². The van der Waals surface area contributed by atoms with Crippen molar-refractivity contribution in [2.75, 3.05) is 7.11 Å². The Morgan fingerprint density at radius 2 is 1.18 bits per heavy atom. The van der Waals surface area contributed by atoms with E-state index in [1.807, 2.05) is 0 Å². The molecule has 0 heterocycles. The van der Waals surface area contributed by atoms with Crippen LogP contribution in [0.2, 0.25) is 0 Å². The van der Waals surface area contributed by atoms with E-state index < -0.39 is 42.0 Å². The quantitative estimate of drug-likeness (QED) is 0.288. The molecule has 10 nitrogen and oxygen atoms in total. The van der Waals surface area contributed by atoms with E-state index in [0.29, 0.717) is 5.56 Å². The van der Waals surface area contributed by atoms with Crippen LogP contribution in [0.15, 0.2) is 70.5 Å². The van der Waals surface area contributed by atoms with E-state index in [9.17, 15) is 35.5 Å². The van der Waals surface area contributed by atoms with E-state index in [2.05, 4.69) is 4.74 Å². The number of ether oxygens (including phenoxy) is 2. The predicted octanol–water partition coefficient (Wildman–Crippen LogP) is 3.16. The second-order valence-electron chi connectivity index (χ2n) is 7.07. The van der Waals surface area contributed by atoms with Gasteiger partial charge in [-0.15, -0.1) is 0 Å². The van der Waals surface area contributed by atoms with Gasteiger partial charge >= 0.3 is 11.9 Å². The van der Waals surface area contributed by atoms with Crippen molar-refractivity contribution < 1.29 is 45.0 Å². The number of methoxy groups -OCH3 is 1. The Balaban J connectivity index is 2.03. The molecule has 0 aliphatic carbocycles. The number of benzene rings is 3. The smallest absolute Gasteiger partial charge is 0.343 e. The van der Waals surface area contributed by atoms with E-state index in [-0.39, 0.29) is 28.0 Å². The fraction of sp³-hybridized carbons (Fsp3) is 0.0909. The van der Waals surface area contributed by atoms with Crippen LogP contribution in [0.4, 0.5) is 0 Å². The third-order valence-corrected chi connectivity index (χ3v) is 6.48. The van der Waals surface area contributed by atoms with Gasteiger partial charge in [-0.25, -0.2) is 9.59 Å². The fourth-order valence-corrected chi connectivity index (χ4v) is 4.61. The predicted molar refractivity (Wildman–Crippen MR) is 119 cm³/mol. The molecule has 0 unspecified atom stereocenters. The van der Waals surface area contributed by atoms with Crippen molar-refractivity contribution >= 4 is 32.2 Å². The summed E-state index contributed by atoms with van der Waals surface area (Å²) in [6.45, 7) is 1.57. The molecule has 34 heavy (non-hydrogen) atoms. The first kappa shape index (κ1) is 25.1. The Morgan fingerprint density at radius 1 is 0.706 bits per heavy atom. The largest absolute Gasteiger partial charge is 0.465 e. The topological polar surface area (TPSA) is 161 Å². The average Bonchev–Trinajstić information content (AvgIpc) is 2.77. The van der Waals surface area contributed by atoms with Gasteiger partial charge in [-0.3, -0.25) is 9.11 Å². The minimum Gasteiger partial charge on any atom is -0.465 e. The Morgan fingerprint density at radius 3 is 1.68 bits per heavy atom. The van der Waals surface area contributed by atoms with Crippen LogP contribution >= 0.6 is 0 Å². The maximum Gasteiger partial charge on any atom is 0.343 e. The van der Waals surface area contributed by atoms with Gasteiger partial charge in [0.05, 0.1) is 18.2 Å². The number of rotatable bonds is 6. The number of carbonyl (C=O) groups excluding carboxylic acids is 2. The molecular weight excluding hydrogens is 488 g/mol. The number of hydrogen-bond donors (Lipinski definition) is 2. The molecule has 0 fully saturated rings. The second-order valence-corrected chi connectivity index (χ2v) is 9.85. The van der Waals surface area contributed by atoms with Crippen LogP contribution in [0.1, 0.15) is 26.3 Å². The lowest BCUT2D eigenvalue weighted by atomic mass is 10.0. The van der Waals surface area contributed by atoms with Crippen LogP contribution in [-0.2, 0) is 25.0 Å². The molecule has 2 N–H and O–H groups in total. The highest BCUT2D eigenvalue weighted by molar-refractivity contribution is 7.86. The molecule has 0 bridgehead atoms. The van der Waals surface area contributed by atoms with E-state index in [0.717, 1.165) is 18.2 Å². The zero-order chi connectivity index (χ0) is 25.3. The molecule has 3 rings (SSSR count). The molecule has 12 heteroatoms. The third kappa shape index (κ3) is 5.48. The highest BCUT2D eigenvalue weighted by atomic mass is 32.2. The maximum atomic E-state index is 12.4. The molecule has 0 aromatic heterocycles. The van der Waals surface area contributed by atoms with Gasteiger partial charge in [-0.05, 0) is 55.0 Å². The van der Waals surface area contributed by atoms with Crippen LogP contribution in [0, 0.1) is 6.92 Å². The molecule has 3 aromatic rings. The Bertz CT molecular complexity index is 1490. The van der Waals surface area contributed by atoms with E-state index >= 15 is 0 Å². The van der Waals surface area contributed by atoms with E-state index in [4.69, 9.17) is 4.74 Å². The van der Waals surface area contributed by atoms with Gasteiger partial charge in [0.2, 0.25) is 0 Å². The highest BCUT2D eigenvalue weighted by Crippen LogP contribution is 2.35. The van der Waals surface area contributed by atoms with Gasteiger partial charge in [0.1, 0.15) is 15.5 Å². The molecule has 0 saturated carbocycles. The van der Waals surface area contributed by atoms with Gasteiger partial charge < -0.3 is 9.47 Å². The van der Waals surface area contributed by atoms with Crippen LogP contribution in [0.25, 0.3) is 11.1 Å². The first-order chi connectivity index (χ1) is 15.8. The molecule has 0 aliphatic heterocycles. The van der Waals surface area contributed by atoms with Crippen LogP contribution in [-0.4, -0.2) is 45.0 Å². The summed E-state index contributed by atoms with van der Waals surface area (Å²) in [4.78, 5) is 22.6. The number of aryl methyl sites for hydroxylation is 1. The first-order valence-electron chi connectivity index (χ1n) is 9.42. The fourth-order valence-electron chi connectivity index (χ4n) is 3.09. The molecule has 0 spiro atoms. The van der Waals surface area contributed by atoms with Gasteiger partial charge in [0.25, 0.3) is 20.2 Å². The Kier molecular flexibility index (Phi) is 6.89. The monoisotopic (exact) mass is 506 g/mol. The Hall–Kier alpha value is -3.58. The summed E-state index contributed by atoms with van der Waals surface area (Å²) in [5.74, 6) is -1.76. The van der Waals surface area contributed by atoms with Gasteiger partial charge in [-0.2, -0.15) is 16.8 Å². The average molecular weight is 507 g/mol. The number of hydrogen-bond acceptors (Lipinski definition) is 8. The molecule has 0 radical (unpaired) electrons. The summed E-state index contributed by atoms with van der Waals surface area (Å²) in [6, 6.07) is 12.4. The molecule has 0 aliphatic rings. The van der Waals surface area contributed by atoms with Gasteiger partial charge in [0, 0.05) is 17.2 Å². The lowest BCUT2D eigenvalue weighted by molar-refractivity contribution is 0.0599. The summed E-state index contributed by atoms with van der Waals surface area (Å²) in [5, 5.41) is 0. The molecular formula is C22H18O10S2. The summed E-state index contributed by atoms with van der Waals surface area (Å²) < 4.78 is 76.8. The molecule has 0 amide bonds. The highest BCUT2D eigenvalue weighted by Gasteiger charge is 2.24. The molecule has 0 atom stereocenters. The SMILES string of the molecule is COC(=O)c1ccc(C(=O)Oc2ccc(-c3ccc(C)cc3S(=O)(=O)O)c(S(=O)(=O)O)c2)cc1. The zero-order valence-corrected chi connectivity index (χ0v) is 19.4. The van der Waals surface area contributed by atoms with Gasteiger partial charge in [0.15, 0.2) is 0 Å². The van der Waals surface area contributed by atoms with Gasteiger partial charge in [-0.1, -0.05) is 12.1 Å². The Labute approximate surface area is 195 Å². The van der Waals surface area contributed by atoms with Crippen molar-refractivity contribution in [3.8, 4) is 16.9 Å². The minimum absolute atomic E-state index is 0.0392. The van der Waals surface area contributed by atoms with Crippen LogP contribution in [0.5, 0.6) is 5.75 Å². The molecule has 0 saturated heterocycles. The first-order valence-corrected chi connectivity index (χ1v) is 12.3. The maximum absolute atomic E-state index is 12.4. The van der Waals surface area contributed by atoms with Crippen molar-refractivity contribution in [3.63, 3.8) is 0 Å². The lowest BCUT2D eigenvalue weighted by Crippen LogP contribution is -2.11. The van der Waals surface area contributed by atoms with Crippen molar-refractivity contribution in [1.82, 2.24) is 0 Å². The van der Waals surface area contributed by atoms with Crippen molar-refractivity contribution in [1.29, 1.82) is 0 Å². The minimum atomic E-state index is -4.91. The van der Waals surface area contributed by atoms with E-state index in [1.54, 1.807) is 6.92 Å². The van der Waals surface area contributed by atoms with Crippen molar-refractivity contribution in [3.05, 3.63) is 77.4 Å². The molecule has 3 aromatic carbocycles. The molecule has 178 valence electrons. The lowest BCUT2D eigenvalue weighted by Gasteiger charge is -2.13. The summed E-state index contributed by atoms with van der Waals surface area (Å²) in [5.41, 5.74) is 0.296. The normalized spacial score (nSPS) is 11.6. The second kappa shape index (κ2) is 9.35. The number of carbonyl (C=O) groups is 2. The summed E-state index contributed by atoms with van der Waals surface area (Å²) >= 11 is 0. The third-order valence-electron chi connectivity index (χ3n) is 4.69. The zero-order valence-electron chi connectivity index (χ0n) is 17.8. The summed E-state index contributed by atoms with van der Waals surface area (Å²) in [7, 11) is -8.45. The standard InChI is InChI=1S/C22H18O10S2/c1-13-3-9-17(19(11-13)33(25,26)27)18-10-8-16(12-20(18)34(28,29)30)32-22(24)15-6-4-14(5-7-15)21(23)31-2/h3-12H,1-2H3,(H,25,26,27)(H,28,29,30).